The Labute approximate surface area is 203 Å². The molecule has 12 nitrogen and oxygen atoms in total. The van der Waals surface area contributed by atoms with Crippen LogP contribution < -0.4 is 5.73 Å². The van der Waals surface area contributed by atoms with Crippen molar-refractivity contribution in [2.75, 3.05) is 18.9 Å². The average molecular weight is 523 g/mol. The minimum absolute atomic E-state index is 0.170. The van der Waals surface area contributed by atoms with E-state index in [1.165, 1.54) is 6.33 Å². The van der Waals surface area contributed by atoms with Crippen LogP contribution in [0.1, 0.15) is 24.3 Å². The van der Waals surface area contributed by atoms with Crippen LogP contribution >= 0.6 is 19.4 Å². The zero-order valence-electron chi connectivity index (χ0n) is 18.1. The van der Waals surface area contributed by atoms with Crippen LogP contribution in [0.4, 0.5) is 10.6 Å². The fraction of sp³-hybridized carbons (Fsp3) is 0.381. The van der Waals surface area contributed by atoms with Crippen LogP contribution in [0.5, 0.6) is 0 Å². The summed E-state index contributed by atoms with van der Waals surface area (Å²) in [5.74, 6) is 0.307. The predicted octanol–water partition coefficient (Wildman–Crippen LogP) is 3.77. The van der Waals surface area contributed by atoms with Crippen molar-refractivity contribution in [3.8, 4) is 0 Å². The Hall–Kier alpha value is -2.73. The number of rotatable bonds is 5. The number of aromatic nitrogens is 3. The molecule has 6 atom stereocenters. The minimum atomic E-state index is -3.93. The number of phosphoric ester groups is 1. The lowest BCUT2D eigenvalue weighted by atomic mass is 10.1. The van der Waals surface area contributed by atoms with E-state index in [4.69, 9.17) is 45.1 Å². The monoisotopic (exact) mass is 522 g/mol. The molecule has 0 spiro atoms. The fourth-order valence-electron chi connectivity index (χ4n) is 4.46. The van der Waals surface area contributed by atoms with Gasteiger partial charge in [0.1, 0.15) is 23.9 Å². The maximum atomic E-state index is 13.2. The SMILES string of the molecule is Nc1ncnc2c1ccn2[C@@H]1O[C@H](COP2(=O)OCC[C@H](c3cccc(Cl)c3)O2)[C@H]2OC(=O)O[C@H]21. The number of hydrogen-bond acceptors (Lipinski definition) is 11. The summed E-state index contributed by atoms with van der Waals surface area (Å²) in [5.41, 5.74) is 7.20. The third-order valence-corrected chi connectivity index (χ3v) is 7.78. The molecule has 0 aliphatic carbocycles. The number of fused-ring (bicyclic) bond motifs is 2. The van der Waals surface area contributed by atoms with Crippen LogP contribution in [0.15, 0.2) is 42.9 Å². The van der Waals surface area contributed by atoms with Crippen molar-refractivity contribution in [3.63, 3.8) is 0 Å². The van der Waals surface area contributed by atoms with Crippen molar-refractivity contribution < 1.29 is 37.1 Å². The number of phosphoric acid groups is 1. The van der Waals surface area contributed by atoms with Gasteiger partial charge in [0.15, 0.2) is 18.4 Å². The number of nitrogens with zero attached hydrogens (tertiary/aromatic N) is 3. The second-order valence-corrected chi connectivity index (χ2v) is 10.3. The molecule has 6 rings (SSSR count). The maximum absolute atomic E-state index is 13.2. The van der Waals surface area contributed by atoms with Gasteiger partial charge < -0.3 is 24.5 Å². The predicted molar refractivity (Wildman–Crippen MR) is 120 cm³/mol. The van der Waals surface area contributed by atoms with Crippen molar-refractivity contribution in [1.29, 1.82) is 0 Å². The van der Waals surface area contributed by atoms with Gasteiger partial charge in [0, 0.05) is 17.6 Å². The number of halogens is 1. The number of nitrogen functional groups attached to an aromatic ring is 1. The maximum Gasteiger partial charge on any atom is 0.509 e. The molecule has 35 heavy (non-hydrogen) atoms. The average Bonchev–Trinajstić information content (AvgIpc) is 3.52. The minimum Gasteiger partial charge on any atom is -0.424 e. The van der Waals surface area contributed by atoms with Crippen molar-refractivity contribution in [2.45, 2.75) is 37.1 Å². The van der Waals surface area contributed by atoms with Crippen molar-refractivity contribution >= 4 is 42.4 Å². The Kier molecular flexibility index (Phi) is 5.67. The van der Waals surface area contributed by atoms with Crippen molar-refractivity contribution in [1.82, 2.24) is 14.5 Å². The van der Waals surface area contributed by atoms with Gasteiger partial charge in [-0.3, -0.25) is 13.6 Å². The van der Waals surface area contributed by atoms with E-state index < -0.39 is 44.6 Å². The molecule has 3 aliphatic heterocycles. The zero-order chi connectivity index (χ0) is 24.2. The highest BCUT2D eigenvalue weighted by atomic mass is 35.5. The first-order chi connectivity index (χ1) is 16.9. The number of benzene rings is 1. The lowest BCUT2D eigenvalue weighted by Gasteiger charge is -2.30. The number of carbonyl (C=O) groups excluding carboxylic acids is 1. The summed E-state index contributed by atoms with van der Waals surface area (Å²) in [6.45, 7) is -0.0621. The Morgan fingerprint density at radius 1 is 1.23 bits per heavy atom. The van der Waals surface area contributed by atoms with Gasteiger partial charge in [-0.25, -0.2) is 19.3 Å². The number of hydrogen-bond donors (Lipinski definition) is 1. The summed E-state index contributed by atoms with van der Waals surface area (Å²) in [4.78, 5) is 20.2. The Bertz CT molecular complexity index is 1340. The molecule has 3 aliphatic rings. The molecule has 0 saturated carbocycles. The Balaban J connectivity index is 1.19. The normalized spacial score (nSPS) is 32.4. The third kappa shape index (κ3) is 4.16. The van der Waals surface area contributed by atoms with Gasteiger partial charge in [0.05, 0.1) is 24.7 Å². The molecule has 2 N–H and O–H groups in total. The van der Waals surface area contributed by atoms with E-state index in [0.29, 0.717) is 28.3 Å². The van der Waals surface area contributed by atoms with Gasteiger partial charge in [-0.05, 0) is 23.8 Å². The second kappa shape index (κ2) is 8.74. The summed E-state index contributed by atoms with van der Waals surface area (Å²) >= 11 is 6.07. The van der Waals surface area contributed by atoms with Gasteiger partial charge in [0.2, 0.25) is 0 Å². The molecule has 1 unspecified atom stereocenters. The summed E-state index contributed by atoms with van der Waals surface area (Å²) < 4.78 is 48.3. The first-order valence-corrected chi connectivity index (χ1v) is 12.7. The summed E-state index contributed by atoms with van der Waals surface area (Å²) in [6.07, 6.45) is -0.990. The van der Waals surface area contributed by atoms with E-state index in [0.717, 1.165) is 5.56 Å². The molecule has 5 heterocycles. The molecule has 0 bridgehead atoms. The number of ether oxygens (including phenoxy) is 3. The van der Waals surface area contributed by atoms with Gasteiger partial charge in [-0.15, -0.1) is 0 Å². The van der Waals surface area contributed by atoms with Crippen LogP contribution in [0.3, 0.4) is 0 Å². The van der Waals surface area contributed by atoms with E-state index in [-0.39, 0.29) is 13.2 Å². The Morgan fingerprint density at radius 3 is 2.94 bits per heavy atom. The number of nitrogens with two attached hydrogens (primary N) is 1. The van der Waals surface area contributed by atoms with Gasteiger partial charge in [-0.2, -0.15) is 0 Å². The topological polar surface area (TPSA) is 146 Å². The van der Waals surface area contributed by atoms with Gasteiger partial charge >= 0.3 is 14.0 Å². The molecular weight excluding hydrogens is 503 g/mol. The van der Waals surface area contributed by atoms with Gasteiger partial charge in [0.25, 0.3) is 0 Å². The molecule has 3 fully saturated rings. The van der Waals surface area contributed by atoms with Gasteiger partial charge in [-0.1, -0.05) is 23.7 Å². The number of carbonyl (C=O) groups is 1. The van der Waals surface area contributed by atoms with Crippen LogP contribution in [0, 0.1) is 0 Å². The highest BCUT2D eigenvalue weighted by molar-refractivity contribution is 7.48. The summed E-state index contributed by atoms with van der Waals surface area (Å²) in [5, 5.41) is 1.16. The molecular formula is C21H20ClN4O8P. The highest BCUT2D eigenvalue weighted by Crippen LogP contribution is 2.57. The molecule has 0 radical (unpaired) electrons. The third-order valence-electron chi connectivity index (χ3n) is 6.07. The van der Waals surface area contributed by atoms with E-state index in [9.17, 15) is 9.36 Å². The molecule has 0 amide bonds. The first-order valence-electron chi connectivity index (χ1n) is 10.8. The summed E-state index contributed by atoms with van der Waals surface area (Å²) in [6, 6.07) is 8.83. The molecule has 3 saturated heterocycles. The first kappa shape index (κ1) is 22.7. The Morgan fingerprint density at radius 2 is 2.09 bits per heavy atom. The second-order valence-electron chi connectivity index (χ2n) is 8.21. The fourth-order valence-corrected chi connectivity index (χ4v) is 6.05. The molecule has 3 aromatic rings. The lowest BCUT2D eigenvalue weighted by Crippen LogP contribution is -2.32. The van der Waals surface area contributed by atoms with Crippen LogP contribution in [-0.2, 0) is 32.3 Å². The van der Waals surface area contributed by atoms with Crippen LogP contribution in [-0.4, -0.2) is 52.2 Å². The molecule has 2 aromatic heterocycles. The summed E-state index contributed by atoms with van der Waals surface area (Å²) in [7, 11) is -3.93. The quantitative estimate of drug-likeness (QED) is 0.385. The lowest BCUT2D eigenvalue weighted by molar-refractivity contribution is -0.0744. The van der Waals surface area contributed by atoms with Crippen molar-refractivity contribution in [2.24, 2.45) is 0 Å². The van der Waals surface area contributed by atoms with E-state index in [1.54, 1.807) is 35.0 Å². The van der Waals surface area contributed by atoms with E-state index in [2.05, 4.69) is 9.97 Å². The van der Waals surface area contributed by atoms with Crippen LogP contribution in [0.2, 0.25) is 5.02 Å². The molecule has 1 aromatic carbocycles. The smallest absolute Gasteiger partial charge is 0.424 e. The van der Waals surface area contributed by atoms with Crippen LogP contribution in [0.25, 0.3) is 11.0 Å². The molecule has 14 heteroatoms. The van der Waals surface area contributed by atoms with E-state index in [1.807, 2.05) is 6.07 Å². The molecule has 184 valence electrons. The van der Waals surface area contributed by atoms with E-state index >= 15 is 0 Å². The largest absolute Gasteiger partial charge is 0.509 e. The zero-order valence-corrected chi connectivity index (χ0v) is 19.7. The highest BCUT2D eigenvalue weighted by Gasteiger charge is 2.56. The number of anilines is 1. The standard InChI is InChI=1S/C21H20ClN4O8P/c22-12-3-1-2-11(8-12)14-5-7-29-35(28,34-14)30-9-15-16-17(33-21(27)32-16)20(31-15)26-6-4-13-18(23)24-10-25-19(13)26/h1-4,6,8,10,14-17,20H,5,7,9H2,(H2,23,24,25)/t14-,15-,16-,17-,20-,35?/m1/s1. The van der Waals surface area contributed by atoms with Crippen molar-refractivity contribution in [3.05, 3.63) is 53.4 Å².